The van der Waals surface area contributed by atoms with Crippen molar-refractivity contribution in [2.75, 3.05) is 6.54 Å². The van der Waals surface area contributed by atoms with E-state index < -0.39 is 17.7 Å². The van der Waals surface area contributed by atoms with Crippen LogP contribution in [0.1, 0.15) is 31.4 Å². The van der Waals surface area contributed by atoms with Gasteiger partial charge in [-0.1, -0.05) is 23.2 Å². The molecule has 22 heavy (non-hydrogen) atoms. The topological polar surface area (TPSA) is 69.6 Å². The Kier molecular flexibility index (Phi) is 3.83. The summed E-state index contributed by atoms with van der Waals surface area (Å²) in [7, 11) is 0. The van der Waals surface area contributed by atoms with Gasteiger partial charge in [-0.15, -0.1) is 0 Å². The standard InChI is InChI=1S/C15H16Cl2N2O3/c1-15(8-2-3-8)13(21)19(14(22)18-15)7-12(20)10-6-9(16)4-5-11(10)17/h4-6,8,12,20H,2-3,7H2,1H3,(H,18,22)/t12-,15-/m1/s1. The molecule has 1 aromatic carbocycles. The fourth-order valence-electron chi connectivity index (χ4n) is 2.86. The van der Waals surface area contributed by atoms with E-state index in [-0.39, 0.29) is 18.4 Å². The van der Waals surface area contributed by atoms with Gasteiger partial charge in [-0.05, 0) is 43.9 Å². The number of benzene rings is 1. The van der Waals surface area contributed by atoms with E-state index in [1.165, 1.54) is 6.07 Å². The Bertz CT molecular complexity index is 648. The minimum absolute atomic E-state index is 0.146. The van der Waals surface area contributed by atoms with E-state index in [1.54, 1.807) is 19.1 Å². The zero-order valence-electron chi connectivity index (χ0n) is 12.0. The molecule has 0 spiro atoms. The molecule has 1 heterocycles. The van der Waals surface area contributed by atoms with E-state index in [0.29, 0.717) is 15.6 Å². The summed E-state index contributed by atoms with van der Waals surface area (Å²) in [6.07, 6.45) is 0.778. The minimum atomic E-state index is -1.08. The molecular weight excluding hydrogens is 327 g/mol. The van der Waals surface area contributed by atoms with Crippen molar-refractivity contribution >= 4 is 35.1 Å². The van der Waals surface area contributed by atoms with Gasteiger partial charge < -0.3 is 10.4 Å². The fourth-order valence-corrected chi connectivity index (χ4v) is 3.28. The molecule has 0 radical (unpaired) electrons. The molecule has 5 nitrogen and oxygen atoms in total. The van der Waals surface area contributed by atoms with E-state index in [9.17, 15) is 14.7 Å². The van der Waals surface area contributed by atoms with Crippen molar-refractivity contribution in [1.82, 2.24) is 10.2 Å². The molecule has 1 aliphatic carbocycles. The van der Waals surface area contributed by atoms with Crippen LogP contribution in [0.2, 0.25) is 10.0 Å². The molecule has 1 aromatic rings. The maximum Gasteiger partial charge on any atom is 0.325 e. The first kappa shape index (κ1) is 15.6. The van der Waals surface area contributed by atoms with E-state index in [4.69, 9.17) is 23.2 Å². The van der Waals surface area contributed by atoms with Gasteiger partial charge in [0.15, 0.2) is 0 Å². The molecule has 7 heteroatoms. The molecule has 3 rings (SSSR count). The molecule has 0 bridgehead atoms. The van der Waals surface area contributed by atoms with Crippen molar-refractivity contribution in [1.29, 1.82) is 0 Å². The van der Waals surface area contributed by atoms with Gasteiger partial charge in [-0.3, -0.25) is 9.69 Å². The van der Waals surface area contributed by atoms with E-state index in [0.717, 1.165) is 17.7 Å². The number of halogens is 2. The van der Waals surface area contributed by atoms with Crippen LogP contribution in [-0.4, -0.2) is 34.0 Å². The second kappa shape index (κ2) is 5.41. The first-order valence-electron chi connectivity index (χ1n) is 7.10. The van der Waals surface area contributed by atoms with E-state index >= 15 is 0 Å². The van der Waals surface area contributed by atoms with Crippen LogP contribution in [0.25, 0.3) is 0 Å². The lowest BCUT2D eigenvalue weighted by Crippen LogP contribution is -2.46. The summed E-state index contributed by atoms with van der Waals surface area (Å²) in [4.78, 5) is 25.6. The fraction of sp³-hybridized carbons (Fsp3) is 0.467. The first-order valence-corrected chi connectivity index (χ1v) is 7.85. The molecule has 2 fully saturated rings. The first-order chi connectivity index (χ1) is 10.3. The molecule has 1 saturated carbocycles. The molecule has 0 aromatic heterocycles. The summed E-state index contributed by atoms with van der Waals surface area (Å²) in [5.41, 5.74) is -0.454. The van der Waals surface area contributed by atoms with Crippen LogP contribution in [-0.2, 0) is 4.79 Å². The molecule has 2 atom stereocenters. The number of amides is 3. The number of aliphatic hydroxyl groups excluding tert-OH is 1. The number of carbonyl (C=O) groups is 2. The molecular formula is C15H16Cl2N2O3. The number of hydrogen-bond donors (Lipinski definition) is 2. The lowest BCUT2D eigenvalue weighted by molar-refractivity contribution is -0.132. The second-order valence-electron chi connectivity index (χ2n) is 6.00. The zero-order chi connectivity index (χ0) is 16.1. The third-order valence-electron chi connectivity index (χ3n) is 4.37. The van der Waals surface area contributed by atoms with Gasteiger partial charge in [0.1, 0.15) is 5.54 Å². The third kappa shape index (κ3) is 2.57. The second-order valence-corrected chi connectivity index (χ2v) is 6.85. The number of β-amino-alcohol motifs (C(OH)–C–C–N with tert-alkyl or cyclic N) is 1. The number of urea groups is 1. The Morgan fingerprint density at radius 2 is 2.09 bits per heavy atom. The highest BCUT2D eigenvalue weighted by Gasteiger charge is 2.56. The maximum atomic E-state index is 12.5. The molecule has 118 valence electrons. The highest BCUT2D eigenvalue weighted by atomic mass is 35.5. The Balaban J connectivity index is 1.79. The summed E-state index contributed by atoms with van der Waals surface area (Å²) < 4.78 is 0. The van der Waals surface area contributed by atoms with Crippen molar-refractivity contribution in [3.63, 3.8) is 0 Å². The Hall–Kier alpha value is -1.30. The van der Waals surface area contributed by atoms with Crippen molar-refractivity contribution in [3.8, 4) is 0 Å². The van der Waals surface area contributed by atoms with Crippen molar-refractivity contribution in [3.05, 3.63) is 33.8 Å². The lowest BCUT2D eigenvalue weighted by atomic mass is 9.96. The lowest BCUT2D eigenvalue weighted by Gasteiger charge is -2.22. The van der Waals surface area contributed by atoms with Gasteiger partial charge in [0.25, 0.3) is 5.91 Å². The number of hydrogen-bond acceptors (Lipinski definition) is 3. The Labute approximate surface area is 138 Å². The van der Waals surface area contributed by atoms with Crippen LogP contribution in [0.4, 0.5) is 4.79 Å². The summed E-state index contributed by atoms with van der Waals surface area (Å²) in [5.74, 6) is -0.113. The van der Waals surface area contributed by atoms with Gasteiger partial charge in [0.05, 0.1) is 12.6 Å². The normalized spacial score (nSPS) is 26.3. The van der Waals surface area contributed by atoms with Gasteiger partial charge >= 0.3 is 6.03 Å². The van der Waals surface area contributed by atoms with Crippen molar-refractivity contribution in [2.24, 2.45) is 5.92 Å². The summed E-state index contributed by atoms with van der Waals surface area (Å²) in [5, 5.41) is 13.8. The zero-order valence-corrected chi connectivity index (χ0v) is 13.5. The summed E-state index contributed by atoms with van der Waals surface area (Å²) in [6, 6.07) is 4.24. The maximum absolute atomic E-state index is 12.5. The largest absolute Gasteiger partial charge is 0.386 e. The predicted molar refractivity (Wildman–Crippen MR) is 82.8 cm³/mol. The molecule has 2 aliphatic rings. The van der Waals surface area contributed by atoms with Crippen LogP contribution >= 0.6 is 23.2 Å². The Morgan fingerprint density at radius 3 is 2.73 bits per heavy atom. The van der Waals surface area contributed by atoms with Crippen molar-refractivity contribution < 1.29 is 14.7 Å². The molecule has 0 unspecified atom stereocenters. The van der Waals surface area contributed by atoms with Crippen molar-refractivity contribution in [2.45, 2.75) is 31.4 Å². The molecule has 2 N–H and O–H groups in total. The van der Waals surface area contributed by atoms with Gasteiger partial charge in [0, 0.05) is 15.6 Å². The average molecular weight is 343 g/mol. The number of aliphatic hydroxyl groups is 1. The van der Waals surface area contributed by atoms with Crippen LogP contribution < -0.4 is 5.32 Å². The average Bonchev–Trinajstić information content (AvgIpc) is 3.28. The van der Waals surface area contributed by atoms with Gasteiger partial charge in [0.2, 0.25) is 0 Å². The highest BCUT2D eigenvalue weighted by Crippen LogP contribution is 2.43. The number of rotatable bonds is 4. The number of nitrogens with zero attached hydrogens (tertiary/aromatic N) is 1. The van der Waals surface area contributed by atoms with Crippen LogP contribution in [0.15, 0.2) is 18.2 Å². The smallest absolute Gasteiger partial charge is 0.325 e. The molecule has 3 amide bonds. The number of nitrogens with one attached hydrogen (secondary N) is 1. The number of carbonyl (C=O) groups excluding carboxylic acids is 2. The quantitative estimate of drug-likeness (QED) is 0.826. The summed E-state index contributed by atoms with van der Waals surface area (Å²) >= 11 is 11.9. The van der Waals surface area contributed by atoms with Gasteiger partial charge in [-0.2, -0.15) is 0 Å². The van der Waals surface area contributed by atoms with Gasteiger partial charge in [-0.25, -0.2) is 4.79 Å². The van der Waals surface area contributed by atoms with E-state index in [2.05, 4.69) is 5.32 Å². The van der Waals surface area contributed by atoms with Crippen LogP contribution in [0, 0.1) is 5.92 Å². The van der Waals surface area contributed by atoms with Crippen LogP contribution in [0.3, 0.4) is 0 Å². The minimum Gasteiger partial charge on any atom is -0.386 e. The predicted octanol–water partition coefficient (Wildman–Crippen LogP) is 2.75. The monoisotopic (exact) mass is 342 g/mol. The summed E-state index contributed by atoms with van der Waals surface area (Å²) in [6.45, 7) is 1.59. The van der Waals surface area contributed by atoms with E-state index in [1.807, 2.05) is 0 Å². The third-order valence-corrected chi connectivity index (χ3v) is 4.95. The van der Waals surface area contributed by atoms with Crippen LogP contribution in [0.5, 0.6) is 0 Å². The number of imide groups is 1. The Morgan fingerprint density at radius 1 is 1.41 bits per heavy atom. The molecule has 1 aliphatic heterocycles. The molecule has 1 saturated heterocycles. The highest BCUT2D eigenvalue weighted by molar-refractivity contribution is 6.33. The SMILES string of the molecule is C[C@]1(C2CC2)NC(=O)N(C[C@@H](O)c2cc(Cl)ccc2Cl)C1=O.